The first-order valence-electron chi connectivity index (χ1n) is 8.89. The number of aromatic nitrogens is 3. The number of furan rings is 1. The zero-order valence-corrected chi connectivity index (χ0v) is 15.1. The summed E-state index contributed by atoms with van der Waals surface area (Å²) in [5.74, 6) is 4.12. The normalized spacial score (nSPS) is 26.8. The molecule has 0 bridgehead atoms. The Kier molecular flexibility index (Phi) is 3.91. The predicted octanol–water partition coefficient (Wildman–Crippen LogP) is 1.64. The first kappa shape index (κ1) is 16.3. The Morgan fingerprint density at radius 3 is 2.88 bits per heavy atom. The molecule has 2 aliphatic rings. The van der Waals surface area contributed by atoms with E-state index in [1.165, 1.54) is 0 Å². The summed E-state index contributed by atoms with van der Waals surface area (Å²) in [6.07, 6.45) is 0.957. The number of piperidine rings is 1. The number of fused-ring (bicyclic) bond motifs is 1. The van der Waals surface area contributed by atoms with Gasteiger partial charge in [0.1, 0.15) is 17.3 Å². The molecule has 1 amide bonds. The number of amides is 1. The number of rotatable bonds is 3. The molecule has 1 N–H and O–H groups in total. The highest BCUT2D eigenvalue weighted by Crippen LogP contribution is 2.44. The van der Waals surface area contributed by atoms with Gasteiger partial charge < -0.3 is 9.32 Å². The minimum absolute atomic E-state index is 0.133. The molecule has 2 aromatic rings. The summed E-state index contributed by atoms with van der Waals surface area (Å²) in [5, 5.41) is 7.45. The highest BCUT2D eigenvalue weighted by atomic mass is 16.3. The molecule has 25 heavy (non-hydrogen) atoms. The van der Waals surface area contributed by atoms with Crippen molar-refractivity contribution in [2.24, 2.45) is 5.92 Å². The van der Waals surface area contributed by atoms with Gasteiger partial charge in [0.2, 0.25) is 5.91 Å². The summed E-state index contributed by atoms with van der Waals surface area (Å²) in [7, 11) is 0. The number of aromatic amines is 1. The highest BCUT2D eigenvalue weighted by Gasteiger charge is 2.53. The van der Waals surface area contributed by atoms with Crippen LogP contribution >= 0.6 is 0 Å². The topological polar surface area (TPSA) is 78.3 Å². The Hall–Kier alpha value is -2.15. The van der Waals surface area contributed by atoms with Crippen molar-refractivity contribution in [3.05, 3.63) is 35.3 Å². The van der Waals surface area contributed by atoms with Crippen molar-refractivity contribution in [2.45, 2.75) is 39.2 Å². The molecule has 4 rings (SSSR count). The summed E-state index contributed by atoms with van der Waals surface area (Å²) in [6.45, 7) is 9.73. The van der Waals surface area contributed by atoms with Crippen molar-refractivity contribution in [1.29, 1.82) is 0 Å². The van der Waals surface area contributed by atoms with E-state index in [2.05, 4.69) is 20.1 Å². The zero-order valence-electron chi connectivity index (χ0n) is 15.1. The van der Waals surface area contributed by atoms with E-state index in [0.717, 1.165) is 62.3 Å². The van der Waals surface area contributed by atoms with Crippen molar-refractivity contribution < 1.29 is 9.21 Å². The molecular weight excluding hydrogens is 318 g/mol. The number of hydrogen-bond donors (Lipinski definition) is 1. The van der Waals surface area contributed by atoms with E-state index in [-0.39, 0.29) is 11.3 Å². The molecule has 4 heterocycles. The second-order valence-electron chi connectivity index (χ2n) is 7.49. The number of likely N-dealkylation sites (tertiary alicyclic amines) is 2. The van der Waals surface area contributed by atoms with Crippen LogP contribution in [0.2, 0.25) is 0 Å². The van der Waals surface area contributed by atoms with E-state index < -0.39 is 0 Å². The summed E-state index contributed by atoms with van der Waals surface area (Å²) in [6, 6.07) is 4.05. The molecule has 134 valence electrons. The maximum Gasteiger partial charge on any atom is 0.219 e. The molecule has 2 fully saturated rings. The molecule has 0 aromatic carbocycles. The summed E-state index contributed by atoms with van der Waals surface area (Å²) in [5.41, 5.74) is -0.133. The highest BCUT2D eigenvalue weighted by molar-refractivity contribution is 5.74. The van der Waals surface area contributed by atoms with Crippen LogP contribution in [0.3, 0.4) is 0 Å². The average Bonchev–Trinajstić information content (AvgIpc) is 3.26. The largest absolute Gasteiger partial charge is 0.465 e. The molecule has 0 aliphatic carbocycles. The Morgan fingerprint density at radius 1 is 1.40 bits per heavy atom. The fourth-order valence-corrected chi connectivity index (χ4v) is 4.36. The van der Waals surface area contributed by atoms with Crippen LogP contribution in [-0.2, 0) is 16.8 Å². The number of nitrogens with zero attached hydrogens (tertiary/aromatic N) is 4. The standard InChI is InChI=1S/C18H25N5O2/c1-12-4-5-16(25-12)10-22-7-6-18(17-19-13(2)20-21-17)11-23(14(3)24)9-15(18)8-22/h4-5,15H,6-11H2,1-3H3,(H,19,20,21)/t15-,18-/m1/s1. The second-order valence-corrected chi connectivity index (χ2v) is 7.49. The lowest BCUT2D eigenvalue weighted by Crippen LogP contribution is -2.49. The van der Waals surface area contributed by atoms with Crippen LogP contribution in [0.25, 0.3) is 0 Å². The molecule has 7 heteroatoms. The van der Waals surface area contributed by atoms with Crippen LogP contribution < -0.4 is 0 Å². The minimum atomic E-state index is -0.133. The van der Waals surface area contributed by atoms with Crippen LogP contribution in [0.5, 0.6) is 0 Å². The van der Waals surface area contributed by atoms with E-state index in [4.69, 9.17) is 4.42 Å². The van der Waals surface area contributed by atoms with Gasteiger partial charge >= 0.3 is 0 Å². The van der Waals surface area contributed by atoms with Crippen LogP contribution in [0.1, 0.15) is 36.5 Å². The van der Waals surface area contributed by atoms with Crippen LogP contribution in [0.4, 0.5) is 0 Å². The lowest BCUT2D eigenvalue weighted by molar-refractivity contribution is -0.128. The molecule has 0 radical (unpaired) electrons. The van der Waals surface area contributed by atoms with Crippen LogP contribution in [0.15, 0.2) is 16.5 Å². The van der Waals surface area contributed by atoms with Gasteiger partial charge in [-0.3, -0.25) is 14.8 Å². The van der Waals surface area contributed by atoms with Crippen molar-refractivity contribution in [2.75, 3.05) is 26.2 Å². The molecular formula is C18H25N5O2. The third kappa shape index (κ3) is 2.86. The van der Waals surface area contributed by atoms with Crippen LogP contribution in [-0.4, -0.2) is 57.1 Å². The first-order valence-corrected chi connectivity index (χ1v) is 8.89. The van der Waals surface area contributed by atoms with Crippen LogP contribution in [0, 0.1) is 19.8 Å². The molecule has 0 unspecified atom stereocenters. The lowest BCUT2D eigenvalue weighted by atomic mass is 9.72. The third-order valence-electron chi connectivity index (χ3n) is 5.71. The third-order valence-corrected chi connectivity index (χ3v) is 5.71. The molecule has 2 saturated heterocycles. The van der Waals surface area contributed by atoms with Gasteiger partial charge in [0, 0.05) is 32.5 Å². The monoisotopic (exact) mass is 343 g/mol. The average molecular weight is 343 g/mol. The lowest BCUT2D eigenvalue weighted by Gasteiger charge is -2.41. The van der Waals surface area contributed by atoms with Gasteiger partial charge in [-0.25, -0.2) is 4.98 Å². The summed E-state index contributed by atoms with van der Waals surface area (Å²) in [4.78, 5) is 21.0. The fourth-order valence-electron chi connectivity index (χ4n) is 4.36. The number of aryl methyl sites for hydroxylation is 2. The van der Waals surface area contributed by atoms with E-state index in [1.807, 2.05) is 30.9 Å². The fraction of sp³-hybridized carbons (Fsp3) is 0.611. The van der Waals surface area contributed by atoms with Gasteiger partial charge in [-0.15, -0.1) is 0 Å². The van der Waals surface area contributed by atoms with Gasteiger partial charge in [-0.05, 0) is 38.9 Å². The number of carbonyl (C=O) groups excluding carboxylic acids is 1. The van der Waals surface area contributed by atoms with Crippen molar-refractivity contribution in [3.63, 3.8) is 0 Å². The molecule has 0 saturated carbocycles. The van der Waals surface area contributed by atoms with Gasteiger partial charge in [0.25, 0.3) is 0 Å². The van der Waals surface area contributed by atoms with Crippen molar-refractivity contribution in [3.8, 4) is 0 Å². The summed E-state index contributed by atoms with van der Waals surface area (Å²) >= 11 is 0. The van der Waals surface area contributed by atoms with Crippen molar-refractivity contribution >= 4 is 5.91 Å². The molecule has 2 atom stereocenters. The molecule has 2 aliphatic heterocycles. The molecule has 7 nitrogen and oxygen atoms in total. The van der Waals surface area contributed by atoms with E-state index in [9.17, 15) is 4.79 Å². The van der Waals surface area contributed by atoms with Crippen molar-refractivity contribution in [1.82, 2.24) is 25.0 Å². The SMILES string of the molecule is CC(=O)N1C[C@H]2CN(Cc3ccc(C)o3)CC[C@@]2(c2n[nH]c(C)n2)C1. The quantitative estimate of drug-likeness (QED) is 0.916. The maximum atomic E-state index is 12.0. The summed E-state index contributed by atoms with van der Waals surface area (Å²) < 4.78 is 5.73. The van der Waals surface area contributed by atoms with E-state index in [0.29, 0.717) is 5.92 Å². The number of nitrogens with one attached hydrogen (secondary N) is 1. The minimum Gasteiger partial charge on any atom is -0.465 e. The molecule has 2 aromatic heterocycles. The first-order chi connectivity index (χ1) is 12.0. The Labute approximate surface area is 147 Å². The van der Waals surface area contributed by atoms with Gasteiger partial charge in [-0.1, -0.05) is 0 Å². The van der Waals surface area contributed by atoms with Gasteiger partial charge in [0.05, 0.1) is 12.0 Å². The zero-order chi connectivity index (χ0) is 17.6. The predicted molar refractivity (Wildman–Crippen MR) is 91.9 cm³/mol. The number of H-pyrrole nitrogens is 1. The Morgan fingerprint density at radius 2 is 2.24 bits per heavy atom. The number of carbonyl (C=O) groups is 1. The van der Waals surface area contributed by atoms with Gasteiger partial charge in [-0.2, -0.15) is 5.10 Å². The van der Waals surface area contributed by atoms with E-state index >= 15 is 0 Å². The van der Waals surface area contributed by atoms with Gasteiger partial charge in [0.15, 0.2) is 5.82 Å². The second kappa shape index (κ2) is 5.98. The van der Waals surface area contributed by atoms with E-state index in [1.54, 1.807) is 6.92 Å². The number of hydrogen-bond acceptors (Lipinski definition) is 5. The maximum absolute atomic E-state index is 12.0. The Bertz CT molecular complexity index is 782. The smallest absolute Gasteiger partial charge is 0.219 e. The Balaban J connectivity index is 1.57. The molecule has 0 spiro atoms.